The van der Waals surface area contributed by atoms with Crippen molar-refractivity contribution in [2.45, 2.75) is 20.8 Å². The second-order valence-electron chi connectivity index (χ2n) is 2.71. The van der Waals surface area contributed by atoms with Crippen molar-refractivity contribution in [3.8, 4) is 0 Å². The summed E-state index contributed by atoms with van der Waals surface area (Å²) in [4.78, 5) is 0. The Morgan fingerprint density at radius 1 is 1.38 bits per heavy atom. The van der Waals surface area contributed by atoms with Gasteiger partial charge in [-0.1, -0.05) is 20.8 Å². The largest absolute Gasteiger partial charge is 0.285 e. The van der Waals surface area contributed by atoms with Gasteiger partial charge in [0, 0.05) is 5.41 Å². The first kappa shape index (κ1) is 7.27. The highest BCUT2D eigenvalue weighted by molar-refractivity contribution is 5.84. The van der Waals surface area contributed by atoms with Crippen LogP contribution in [-0.2, 0) is 0 Å². The van der Waals surface area contributed by atoms with E-state index in [4.69, 9.17) is 10.9 Å². The molecule has 0 aromatic rings. The van der Waals surface area contributed by atoms with Crippen LogP contribution in [0.5, 0.6) is 0 Å². The Labute approximate surface area is 49.1 Å². The third-order valence-corrected chi connectivity index (χ3v) is 0.822. The number of rotatable bonds is 0. The smallest absolute Gasteiger partial charge is 0.148 e. The van der Waals surface area contributed by atoms with Crippen LogP contribution in [0.15, 0.2) is 5.11 Å². The van der Waals surface area contributed by atoms with E-state index in [1.54, 1.807) is 0 Å². The van der Waals surface area contributed by atoms with Crippen molar-refractivity contribution < 1.29 is 0 Å². The molecule has 2 N–H and O–H groups in total. The molecule has 0 saturated carbocycles. The van der Waals surface area contributed by atoms with Crippen molar-refractivity contribution in [1.82, 2.24) is 0 Å². The van der Waals surface area contributed by atoms with Gasteiger partial charge in [-0.15, -0.1) is 5.11 Å². The SMILES string of the molecule is CC(C)(C)C(=N)N=N. The molecule has 3 nitrogen and oxygen atoms in total. The standard InChI is InChI=1S/C5H11N3/c1-5(2,3)4(6)8-7/h6-7H,1-3H3. The Kier molecular flexibility index (Phi) is 1.84. The summed E-state index contributed by atoms with van der Waals surface area (Å²) in [5.74, 6) is 0.123. The van der Waals surface area contributed by atoms with Crippen LogP contribution in [0, 0.1) is 16.4 Å². The molecule has 0 aliphatic carbocycles. The summed E-state index contributed by atoms with van der Waals surface area (Å²) in [6, 6.07) is 0. The number of nitrogens with zero attached hydrogens (tertiary/aromatic N) is 1. The summed E-state index contributed by atoms with van der Waals surface area (Å²) in [6.07, 6.45) is 0. The quantitative estimate of drug-likeness (QED) is 0.274. The van der Waals surface area contributed by atoms with Crippen molar-refractivity contribution >= 4 is 5.84 Å². The molecule has 0 aliphatic rings. The summed E-state index contributed by atoms with van der Waals surface area (Å²) in [6.45, 7) is 5.56. The van der Waals surface area contributed by atoms with Crippen LogP contribution in [0.4, 0.5) is 0 Å². The van der Waals surface area contributed by atoms with Crippen LogP contribution in [0.3, 0.4) is 0 Å². The molecule has 0 unspecified atom stereocenters. The van der Waals surface area contributed by atoms with Crippen LogP contribution >= 0.6 is 0 Å². The summed E-state index contributed by atoms with van der Waals surface area (Å²) >= 11 is 0. The van der Waals surface area contributed by atoms with Gasteiger partial charge in [0.25, 0.3) is 0 Å². The zero-order chi connectivity index (χ0) is 6.78. The monoisotopic (exact) mass is 113 g/mol. The fourth-order valence-corrected chi connectivity index (χ4v) is 0.168. The molecule has 0 bridgehead atoms. The van der Waals surface area contributed by atoms with E-state index in [0.717, 1.165) is 0 Å². The first-order valence-corrected chi connectivity index (χ1v) is 2.45. The first-order chi connectivity index (χ1) is 3.48. The van der Waals surface area contributed by atoms with Crippen molar-refractivity contribution in [2.75, 3.05) is 0 Å². The molecule has 0 fully saturated rings. The fourth-order valence-electron chi connectivity index (χ4n) is 0.168. The predicted molar refractivity (Wildman–Crippen MR) is 32.3 cm³/mol. The lowest BCUT2D eigenvalue weighted by molar-refractivity contribution is 0.576. The zero-order valence-electron chi connectivity index (χ0n) is 5.45. The molecule has 0 amide bonds. The maximum Gasteiger partial charge on any atom is 0.148 e. The van der Waals surface area contributed by atoms with Crippen LogP contribution in [0.25, 0.3) is 0 Å². The normalized spacial score (nSPS) is 10.9. The van der Waals surface area contributed by atoms with Crippen molar-refractivity contribution in [2.24, 2.45) is 10.5 Å². The van der Waals surface area contributed by atoms with Gasteiger partial charge in [-0.2, -0.15) is 0 Å². The van der Waals surface area contributed by atoms with E-state index in [2.05, 4.69) is 5.11 Å². The maximum atomic E-state index is 7.03. The lowest BCUT2D eigenvalue weighted by Gasteiger charge is -2.13. The molecule has 0 saturated heterocycles. The fraction of sp³-hybridized carbons (Fsp3) is 0.800. The summed E-state index contributed by atoms with van der Waals surface area (Å²) in [7, 11) is 0. The van der Waals surface area contributed by atoms with Gasteiger partial charge in [0.15, 0.2) is 0 Å². The molecule has 8 heavy (non-hydrogen) atoms. The molecular weight excluding hydrogens is 102 g/mol. The second-order valence-corrected chi connectivity index (χ2v) is 2.71. The van der Waals surface area contributed by atoms with Crippen molar-refractivity contribution in [3.63, 3.8) is 0 Å². The Morgan fingerprint density at radius 3 is 1.75 bits per heavy atom. The highest BCUT2D eigenvalue weighted by Crippen LogP contribution is 2.14. The molecule has 0 atom stereocenters. The number of amidine groups is 1. The predicted octanol–water partition coefficient (Wildman–Crippen LogP) is 2.04. The van der Waals surface area contributed by atoms with Gasteiger partial charge in [-0.3, -0.25) is 5.41 Å². The van der Waals surface area contributed by atoms with Gasteiger partial charge in [0.05, 0.1) is 0 Å². The van der Waals surface area contributed by atoms with E-state index < -0.39 is 0 Å². The highest BCUT2D eigenvalue weighted by Gasteiger charge is 2.15. The topological polar surface area (TPSA) is 60.1 Å². The third-order valence-electron chi connectivity index (χ3n) is 0.822. The second kappa shape index (κ2) is 2.03. The molecule has 0 heterocycles. The molecule has 0 aromatic carbocycles. The molecular formula is C5H11N3. The minimum absolute atomic E-state index is 0.123. The van der Waals surface area contributed by atoms with Crippen molar-refractivity contribution in [3.05, 3.63) is 0 Å². The maximum absolute atomic E-state index is 7.03. The molecule has 0 aliphatic heterocycles. The third kappa shape index (κ3) is 1.82. The average Bonchev–Trinajstić information content (AvgIpc) is 1.62. The minimum Gasteiger partial charge on any atom is -0.285 e. The highest BCUT2D eigenvalue weighted by atomic mass is 15.0. The summed E-state index contributed by atoms with van der Waals surface area (Å²) in [5.41, 5.74) is 6.20. The minimum atomic E-state index is -0.262. The number of hydrogen-bond donors (Lipinski definition) is 2. The van der Waals surface area contributed by atoms with Crippen LogP contribution in [0.1, 0.15) is 20.8 Å². The van der Waals surface area contributed by atoms with E-state index in [9.17, 15) is 0 Å². The Hall–Kier alpha value is -0.730. The zero-order valence-corrected chi connectivity index (χ0v) is 5.45. The molecule has 0 radical (unpaired) electrons. The lowest BCUT2D eigenvalue weighted by atomic mass is 9.96. The molecule has 0 aromatic heterocycles. The van der Waals surface area contributed by atoms with Gasteiger partial charge in [0.1, 0.15) is 5.84 Å². The molecule has 0 spiro atoms. The van der Waals surface area contributed by atoms with E-state index in [-0.39, 0.29) is 11.3 Å². The Morgan fingerprint density at radius 2 is 1.75 bits per heavy atom. The van der Waals surface area contributed by atoms with E-state index in [0.29, 0.717) is 0 Å². The van der Waals surface area contributed by atoms with Gasteiger partial charge in [-0.05, 0) is 0 Å². The number of nitrogens with one attached hydrogen (secondary N) is 2. The van der Waals surface area contributed by atoms with Gasteiger partial charge < -0.3 is 0 Å². The van der Waals surface area contributed by atoms with E-state index in [1.165, 1.54) is 0 Å². The first-order valence-electron chi connectivity index (χ1n) is 2.45. The van der Waals surface area contributed by atoms with E-state index in [1.807, 2.05) is 20.8 Å². The van der Waals surface area contributed by atoms with Crippen LogP contribution in [0.2, 0.25) is 0 Å². The van der Waals surface area contributed by atoms with Gasteiger partial charge in [-0.25, -0.2) is 5.53 Å². The average molecular weight is 113 g/mol. The Bertz CT molecular complexity index is 109. The van der Waals surface area contributed by atoms with Crippen LogP contribution < -0.4 is 0 Å². The lowest BCUT2D eigenvalue weighted by Crippen LogP contribution is -2.15. The Balaban J connectivity index is 4.02. The van der Waals surface area contributed by atoms with Crippen molar-refractivity contribution in [1.29, 1.82) is 10.9 Å². The summed E-state index contributed by atoms with van der Waals surface area (Å²) < 4.78 is 0. The molecule has 3 heteroatoms. The van der Waals surface area contributed by atoms with Crippen LogP contribution in [-0.4, -0.2) is 5.84 Å². The van der Waals surface area contributed by atoms with Gasteiger partial charge in [0.2, 0.25) is 0 Å². The molecule has 0 rings (SSSR count). The van der Waals surface area contributed by atoms with Gasteiger partial charge >= 0.3 is 0 Å². The molecule has 46 valence electrons. The van der Waals surface area contributed by atoms with E-state index >= 15 is 0 Å². The number of hydrogen-bond acceptors (Lipinski definition) is 2. The summed E-state index contributed by atoms with van der Waals surface area (Å²) in [5, 5.41) is 10.0.